The number of carbonyl (C=O) groups excluding carboxylic acids is 4. The first kappa shape index (κ1) is 36.0. The average Bonchev–Trinajstić information content (AvgIpc) is 2.89. The molecule has 0 bridgehead atoms. The molecule has 242 valence electrons. The van der Waals surface area contributed by atoms with Crippen LogP contribution in [0.15, 0.2) is 0 Å². The number of nitrogens with zero attached hydrogens (tertiary/aromatic N) is 4. The number of piperazine rings is 2. The van der Waals surface area contributed by atoms with Crippen LogP contribution in [0.25, 0.3) is 0 Å². The molecule has 2 saturated heterocycles. The van der Waals surface area contributed by atoms with E-state index in [-0.39, 0.29) is 48.0 Å². The van der Waals surface area contributed by atoms with Crippen LogP contribution in [-0.2, 0) is 28.7 Å². The Balaban J connectivity index is 1.50. The summed E-state index contributed by atoms with van der Waals surface area (Å²) in [5, 5.41) is 0. The Morgan fingerprint density at radius 2 is 0.905 bits per heavy atom. The number of ether oxygens (including phenoxy) is 2. The summed E-state index contributed by atoms with van der Waals surface area (Å²) in [5.74, 6) is -0.320. The van der Waals surface area contributed by atoms with E-state index in [4.69, 9.17) is 9.47 Å². The van der Waals surface area contributed by atoms with Gasteiger partial charge in [0.2, 0.25) is 11.8 Å². The van der Waals surface area contributed by atoms with Crippen molar-refractivity contribution in [2.24, 2.45) is 0 Å². The largest absolute Gasteiger partial charge is 0.464 e. The van der Waals surface area contributed by atoms with Crippen LogP contribution < -0.4 is 0 Å². The van der Waals surface area contributed by atoms with Crippen molar-refractivity contribution in [1.82, 2.24) is 19.6 Å². The highest BCUT2D eigenvalue weighted by Gasteiger charge is 2.49. The van der Waals surface area contributed by atoms with Crippen LogP contribution in [0.3, 0.4) is 0 Å². The minimum absolute atomic E-state index is 0.0593. The predicted molar refractivity (Wildman–Crippen MR) is 164 cm³/mol. The maximum Gasteiger partial charge on any atom is 0.305 e. The summed E-state index contributed by atoms with van der Waals surface area (Å²) in [6.45, 7) is 18.7. The van der Waals surface area contributed by atoms with Crippen LogP contribution in [0.1, 0.15) is 107 Å². The Bertz CT molecular complexity index is 885. The van der Waals surface area contributed by atoms with Crippen LogP contribution in [0, 0.1) is 0 Å². The monoisotopic (exact) mass is 594 g/mol. The van der Waals surface area contributed by atoms with Gasteiger partial charge < -0.3 is 19.3 Å². The maximum absolute atomic E-state index is 12.8. The fourth-order valence-corrected chi connectivity index (χ4v) is 6.15. The molecule has 2 fully saturated rings. The molecule has 0 atom stereocenters. The zero-order valence-corrected chi connectivity index (χ0v) is 28.1. The Labute approximate surface area is 254 Å². The minimum atomic E-state index is -0.590. The Morgan fingerprint density at radius 3 is 1.24 bits per heavy atom. The van der Waals surface area contributed by atoms with Crippen LogP contribution in [-0.4, -0.2) is 119 Å². The fourth-order valence-electron chi connectivity index (χ4n) is 6.15. The SMILES string of the molecule is CN1C(C)(C)CN(CCOC(=O)CCCCCCCCC(=O)OCCN2CC(C)(C)N(C)C(C)(C)C2=O)C(=O)C1(C)C. The summed E-state index contributed by atoms with van der Waals surface area (Å²) < 4.78 is 10.8. The molecular formula is C32H58N4O6. The summed E-state index contributed by atoms with van der Waals surface area (Å²) in [6, 6.07) is 0. The van der Waals surface area contributed by atoms with Crippen molar-refractivity contribution >= 4 is 23.8 Å². The smallest absolute Gasteiger partial charge is 0.305 e. The topological polar surface area (TPSA) is 99.7 Å². The highest BCUT2D eigenvalue weighted by molar-refractivity contribution is 5.87. The second kappa shape index (κ2) is 14.5. The van der Waals surface area contributed by atoms with Gasteiger partial charge in [0.05, 0.1) is 24.2 Å². The summed E-state index contributed by atoms with van der Waals surface area (Å²) in [6.07, 6.45) is 6.17. The second-order valence-corrected chi connectivity index (χ2v) is 14.4. The number of likely N-dealkylation sites (N-methyl/N-ethyl adjacent to an activating group) is 2. The lowest BCUT2D eigenvalue weighted by atomic mass is 9.88. The van der Waals surface area contributed by atoms with E-state index in [2.05, 4.69) is 37.5 Å². The van der Waals surface area contributed by atoms with E-state index < -0.39 is 11.1 Å². The number of rotatable bonds is 15. The molecule has 2 amide bonds. The Morgan fingerprint density at radius 1 is 0.595 bits per heavy atom. The summed E-state index contributed by atoms with van der Waals surface area (Å²) in [5.41, 5.74) is -1.48. The summed E-state index contributed by atoms with van der Waals surface area (Å²) in [4.78, 5) is 57.8. The van der Waals surface area contributed by atoms with E-state index in [1.807, 2.05) is 41.8 Å². The highest BCUT2D eigenvalue weighted by Crippen LogP contribution is 2.32. The standard InChI is InChI=1S/C32H58N4O6/c1-29(2)23-35(27(39)31(5,6)33(29)9)19-21-41-25(37)17-15-13-11-12-14-16-18-26(38)42-22-20-36-24-30(3,4)34(10)32(7,8)28(36)40/h11-24H2,1-10H3. The zero-order chi connectivity index (χ0) is 31.9. The van der Waals surface area contributed by atoms with Crippen molar-refractivity contribution in [2.75, 3.05) is 53.5 Å². The molecule has 0 N–H and O–H groups in total. The van der Waals surface area contributed by atoms with Gasteiger partial charge in [-0.05, 0) is 82.3 Å². The van der Waals surface area contributed by atoms with Gasteiger partial charge in [0.1, 0.15) is 13.2 Å². The fraction of sp³-hybridized carbons (Fsp3) is 0.875. The highest BCUT2D eigenvalue weighted by atomic mass is 16.5. The quantitative estimate of drug-likeness (QED) is 0.208. The first-order chi connectivity index (χ1) is 19.3. The predicted octanol–water partition coefficient (Wildman–Crippen LogP) is 3.86. The third kappa shape index (κ3) is 9.15. The number of amides is 2. The van der Waals surface area contributed by atoms with Crippen LogP contribution >= 0.6 is 0 Å². The molecule has 0 aromatic heterocycles. The molecule has 0 aromatic carbocycles. The third-order valence-electron chi connectivity index (χ3n) is 9.53. The molecule has 0 aromatic rings. The molecule has 0 radical (unpaired) electrons. The van der Waals surface area contributed by atoms with E-state index in [0.29, 0.717) is 39.0 Å². The molecule has 10 nitrogen and oxygen atoms in total. The van der Waals surface area contributed by atoms with E-state index in [1.54, 1.807) is 9.80 Å². The zero-order valence-electron chi connectivity index (χ0n) is 28.1. The number of hydrogen-bond acceptors (Lipinski definition) is 8. The lowest BCUT2D eigenvalue weighted by Crippen LogP contribution is -2.70. The van der Waals surface area contributed by atoms with Gasteiger partial charge in [0, 0.05) is 37.0 Å². The first-order valence-corrected chi connectivity index (χ1v) is 15.7. The number of carbonyl (C=O) groups is 4. The van der Waals surface area contributed by atoms with Crippen molar-refractivity contribution in [3.8, 4) is 0 Å². The van der Waals surface area contributed by atoms with Gasteiger partial charge in [-0.2, -0.15) is 0 Å². The molecule has 42 heavy (non-hydrogen) atoms. The van der Waals surface area contributed by atoms with Crippen LogP contribution in [0.4, 0.5) is 0 Å². The van der Waals surface area contributed by atoms with Gasteiger partial charge in [-0.1, -0.05) is 25.7 Å². The van der Waals surface area contributed by atoms with E-state index in [0.717, 1.165) is 38.5 Å². The van der Waals surface area contributed by atoms with E-state index in [9.17, 15) is 19.2 Å². The Kier molecular flexibility index (Phi) is 12.4. The number of hydrogen-bond donors (Lipinski definition) is 0. The van der Waals surface area contributed by atoms with E-state index in [1.165, 1.54) is 0 Å². The summed E-state index contributed by atoms with van der Waals surface area (Å²) >= 11 is 0. The average molecular weight is 595 g/mol. The van der Waals surface area contributed by atoms with Gasteiger partial charge in [0.25, 0.3) is 0 Å². The molecule has 2 aliphatic rings. The van der Waals surface area contributed by atoms with Crippen LogP contribution in [0.5, 0.6) is 0 Å². The van der Waals surface area contributed by atoms with Crippen molar-refractivity contribution in [3.05, 3.63) is 0 Å². The molecule has 2 rings (SSSR count). The second-order valence-electron chi connectivity index (χ2n) is 14.4. The first-order valence-electron chi connectivity index (χ1n) is 15.7. The summed E-state index contributed by atoms with van der Waals surface area (Å²) in [7, 11) is 3.96. The molecule has 0 aliphatic carbocycles. The number of unbranched alkanes of at least 4 members (excludes halogenated alkanes) is 5. The van der Waals surface area contributed by atoms with Gasteiger partial charge >= 0.3 is 11.9 Å². The van der Waals surface area contributed by atoms with Gasteiger partial charge in [0.15, 0.2) is 0 Å². The van der Waals surface area contributed by atoms with Gasteiger partial charge in [-0.15, -0.1) is 0 Å². The molecule has 0 spiro atoms. The Hall–Kier alpha value is -2.20. The molecule has 2 heterocycles. The third-order valence-corrected chi connectivity index (χ3v) is 9.53. The number of esters is 2. The van der Waals surface area contributed by atoms with Gasteiger partial charge in [-0.3, -0.25) is 29.0 Å². The molecule has 0 saturated carbocycles. The van der Waals surface area contributed by atoms with Gasteiger partial charge in [-0.25, -0.2) is 0 Å². The lowest BCUT2D eigenvalue weighted by Gasteiger charge is -2.53. The van der Waals surface area contributed by atoms with Crippen molar-refractivity contribution < 1.29 is 28.7 Å². The molecule has 0 unspecified atom stereocenters. The maximum atomic E-state index is 12.8. The van der Waals surface area contributed by atoms with Crippen LogP contribution in [0.2, 0.25) is 0 Å². The lowest BCUT2D eigenvalue weighted by molar-refractivity contribution is -0.160. The van der Waals surface area contributed by atoms with Crippen molar-refractivity contribution in [3.63, 3.8) is 0 Å². The molecule has 2 aliphatic heterocycles. The molecular weight excluding hydrogens is 536 g/mol. The molecule has 10 heteroatoms. The van der Waals surface area contributed by atoms with E-state index >= 15 is 0 Å². The van der Waals surface area contributed by atoms with Crippen molar-refractivity contribution in [1.29, 1.82) is 0 Å². The minimum Gasteiger partial charge on any atom is -0.464 e. The normalized spacial score (nSPS) is 21.9. The van der Waals surface area contributed by atoms with Crippen molar-refractivity contribution in [2.45, 2.75) is 129 Å².